The molecule has 1 aliphatic heterocycles. The van der Waals surface area contributed by atoms with E-state index < -0.39 is 0 Å². The Hall–Kier alpha value is -1.46. The molecule has 1 aromatic rings. The van der Waals surface area contributed by atoms with E-state index in [0.29, 0.717) is 11.5 Å². The standard InChI is InChI=1S/C15H23NO4/c1-18-13-7-6-11(14(19-2)15(13)20-3)9-16-8-4-5-12(17)10-16/h6-7,12,17H,4-5,8-10H2,1-3H3/p+1/t12-/m1/s1. The number of quaternary nitrogens is 1. The largest absolute Gasteiger partial charge is 0.493 e. The highest BCUT2D eigenvalue weighted by Gasteiger charge is 2.24. The van der Waals surface area contributed by atoms with Crippen molar-refractivity contribution < 1.29 is 24.2 Å². The second kappa shape index (κ2) is 6.81. The number of rotatable bonds is 5. The molecule has 1 fully saturated rings. The van der Waals surface area contributed by atoms with Gasteiger partial charge in [-0.25, -0.2) is 0 Å². The van der Waals surface area contributed by atoms with Crippen molar-refractivity contribution in [1.82, 2.24) is 0 Å². The Kier molecular flexibility index (Phi) is 5.09. The Bertz CT molecular complexity index is 450. The number of benzene rings is 1. The lowest BCUT2D eigenvalue weighted by molar-refractivity contribution is -0.921. The predicted molar refractivity (Wildman–Crippen MR) is 75.7 cm³/mol. The van der Waals surface area contributed by atoms with Crippen LogP contribution in [0.1, 0.15) is 18.4 Å². The number of aliphatic hydroxyl groups is 1. The Morgan fingerprint density at radius 1 is 1.15 bits per heavy atom. The minimum atomic E-state index is -0.190. The average Bonchev–Trinajstić information content (AvgIpc) is 2.46. The number of methoxy groups -OCH3 is 3. The molecule has 0 aliphatic carbocycles. The molecule has 5 heteroatoms. The van der Waals surface area contributed by atoms with Gasteiger partial charge in [-0.05, 0) is 25.0 Å². The van der Waals surface area contributed by atoms with Crippen molar-refractivity contribution in [3.63, 3.8) is 0 Å². The number of likely N-dealkylation sites (tertiary alicyclic amines) is 1. The van der Waals surface area contributed by atoms with Gasteiger partial charge < -0.3 is 24.2 Å². The number of hydrogen-bond donors (Lipinski definition) is 2. The van der Waals surface area contributed by atoms with Crippen molar-refractivity contribution in [3.05, 3.63) is 17.7 Å². The van der Waals surface area contributed by atoms with E-state index in [2.05, 4.69) is 0 Å². The van der Waals surface area contributed by atoms with E-state index in [9.17, 15) is 5.11 Å². The van der Waals surface area contributed by atoms with Gasteiger partial charge in [0.15, 0.2) is 11.5 Å². The van der Waals surface area contributed by atoms with Crippen LogP contribution >= 0.6 is 0 Å². The van der Waals surface area contributed by atoms with Crippen LogP contribution in [0.5, 0.6) is 17.2 Å². The zero-order valence-corrected chi connectivity index (χ0v) is 12.4. The minimum absolute atomic E-state index is 0.190. The Morgan fingerprint density at radius 3 is 2.50 bits per heavy atom. The topological polar surface area (TPSA) is 52.4 Å². The fourth-order valence-electron chi connectivity index (χ4n) is 2.86. The molecule has 0 aromatic heterocycles. The molecule has 1 aromatic carbocycles. The Balaban J connectivity index is 2.22. The molecule has 0 bridgehead atoms. The second-order valence-corrected chi connectivity index (χ2v) is 5.17. The van der Waals surface area contributed by atoms with Gasteiger partial charge in [-0.15, -0.1) is 0 Å². The van der Waals surface area contributed by atoms with Gasteiger partial charge in [0.05, 0.1) is 33.4 Å². The molecule has 0 radical (unpaired) electrons. The molecule has 112 valence electrons. The van der Waals surface area contributed by atoms with Crippen molar-refractivity contribution >= 4 is 0 Å². The van der Waals surface area contributed by atoms with Crippen molar-refractivity contribution in [2.45, 2.75) is 25.5 Å². The third kappa shape index (κ3) is 3.16. The van der Waals surface area contributed by atoms with Gasteiger partial charge in [-0.1, -0.05) is 0 Å². The minimum Gasteiger partial charge on any atom is -0.493 e. The third-order valence-corrected chi connectivity index (χ3v) is 3.82. The molecular formula is C15H24NO4+. The molecule has 1 saturated heterocycles. The number of hydrogen-bond acceptors (Lipinski definition) is 4. The number of nitrogens with one attached hydrogen (secondary N) is 1. The maximum atomic E-state index is 9.77. The third-order valence-electron chi connectivity index (χ3n) is 3.82. The summed E-state index contributed by atoms with van der Waals surface area (Å²) in [6.07, 6.45) is 1.78. The highest BCUT2D eigenvalue weighted by atomic mass is 16.5. The quantitative estimate of drug-likeness (QED) is 0.813. The van der Waals surface area contributed by atoms with Crippen LogP contribution in [0.15, 0.2) is 12.1 Å². The smallest absolute Gasteiger partial charge is 0.203 e. The van der Waals surface area contributed by atoms with Crippen LogP contribution in [-0.2, 0) is 6.54 Å². The van der Waals surface area contributed by atoms with Gasteiger partial charge >= 0.3 is 0 Å². The number of aliphatic hydroxyl groups excluding tert-OH is 1. The summed E-state index contributed by atoms with van der Waals surface area (Å²) in [6.45, 7) is 2.69. The Labute approximate surface area is 120 Å². The summed E-state index contributed by atoms with van der Waals surface area (Å²) in [5.74, 6) is 2.02. The van der Waals surface area contributed by atoms with Crippen LogP contribution in [-0.4, -0.2) is 45.6 Å². The van der Waals surface area contributed by atoms with E-state index in [0.717, 1.165) is 43.8 Å². The summed E-state index contributed by atoms with van der Waals surface area (Å²) < 4.78 is 16.2. The fourth-order valence-corrected chi connectivity index (χ4v) is 2.86. The van der Waals surface area contributed by atoms with Crippen LogP contribution < -0.4 is 19.1 Å². The lowest BCUT2D eigenvalue weighted by Gasteiger charge is -2.27. The van der Waals surface area contributed by atoms with Crippen molar-refractivity contribution in [3.8, 4) is 17.2 Å². The normalized spacial score (nSPS) is 22.4. The first kappa shape index (κ1) is 14.9. The summed E-state index contributed by atoms with van der Waals surface area (Å²) in [6, 6.07) is 3.91. The molecule has 2 N–H and O–H groups in total. The summed E-state index contributed by atoms with van der Waals surface area (Å²) in [5, 5.41) is 9.77. The highest BCUT2D eigenvalue weighted by Crippen LogP contribution is 2.39. The first-order valence-electron chi connectivity index (χ1n) is 6.99. The maximum absolute atomic E-state index is 9.77. The first-order valence-corrected chi connectivity index (χ1v) is 6.99. The fraction of sp³-hybridized carbons (Fsp3) is 0.600. The van der Waals surface area contributed by atoms with Gasteiger partial charge in [0, 0.05) is 0 Å². The predicted octanol–water partition coefficient (Wildman–Crippen LogP) is 0.252. The summed E-state index contributed by atoms with van der Waals surface area (Å²) in [5.41, 5.74) is 1.08. The van der Waals surface area contributed by atoms with Crippen molar-refractivity contribution in [2.75, 3.05) is 34.4 Å². The molecule has 2 rings (SSSR count). The molecule has 1 unspecified atom stereocenters. The van der Waals surface area contributed by atoms with E-state index in [1.54, 1.807) is 21.3 Å². The van der Waals surface area contributed by atoms with Crippen LogP contribution in [0, 0.1) is 0 Å². The SMILES string of the molecule is COc1ccc(C[NH+]2CCC[C@@H](O)C2)c(OC)c1OC. The maximum Gasteiger partial charge on any atom is 0.203 e. The Morgan fingerprint density at radius 2 is 1.90 bits per heavy atom. The molecule has 0 spiro atoms. The molecule has 20 heavy (non-hydrogen) atoms. The van der Waals surface area contributed by atoms with Crippen molar-refractivity contribution in [2.24, 2.45) is 0 Å². The molecule has 0 saturated carbocycles. The van der Waals surface area contributed by atoms with E-state index in [1.807, 2.05) is 12.1 Å². The van der Waals surface area contributed by atoms with Gasteiger partial charge in [0.2, 0.25) is 5.75 Å². The monoisotopic (exact) mass is 282 g/mol. The van der Waals surface area contributed by atoms with E-state index in [1.165, 1.54) is 4.90 Å². The van der Waals surface area contributed by atoms with Crippen LogP contribution in [0.3, 0.4) is 0 Å². The summed E-state index contributed by atoms with van der Waals surface area (Å²) >= 11 is 0. The molecule has 2 atom stereocenters. The van der Waals surface area contributed by atoms with Gasteiger partial charge in [-0.2, -0.15) is 0 Å². The molecule has 0 amide bonds. The zero-order chi connectivity index (χ0) is 14.5. The lowest BCUT2D eigenvalue weighted by atomic mass is 10.1. The molecule has 1 aliphatic rings. The van der Waals surface area contributed by atoms with E-state index >= 15 is 0 Å². The number of piperidine rings is 1. The van der Waals surface area contributed by atoms with Gasteiger partial charge in [0.25, 0.3) is 0 Å². The highest BCUT2D eigenvalue weighted by molar-refractivity contribution is 5.55. The van der Waals surface area contributed by atoms with Gasteiger partial charge in [0.1, 0.15) is 19.2 Å². The van der Waals surface area contributed by atoms with Crippen LogP contribution in [0.25, 0.3) is 0 Å². The molecular weight excluding hydrogens is 258 g/mol. The molecule has 5 nitrogen and oxygen atoms in total. The zero-order valence-electron chi connectivity index (χ0n) is 12.4. The average molecular weight is 282 g/mol. The lowest BCUT2D eigenvalue weighted by Crippen LogP contribution is -3.12. The second-order valence-electron chi connectivity index (χ2n) is 5.17. The van der Waals surface area contributed by atoms with E-state index in [4.69, 9.17) is 14.2 Å². The summed E-state index contributed by atoms with van der Waals surface area (Å²) in [7, 11) is 4.87. The van der Waals surface area contributed by atoms with Crippen LogP contribution in [0.2, 0.25) is 0 Å². The number of ether oxygens (including phenoxy) is 3. The van der Waals surface area contributed by atoms with Gasteiger partial charge in [-0.3, -0.25) is 0 Å². The van der Waals surface area contributed by atoms with E-state index in [-0.39, 0.29) is 6.10 Å². The summed E-state index contributed by atoms with van der Waals surface area (Å²) in [4.78, 5) is 1.37. The van der Waals surface area contributed by atoms with Crippen molar-refractivity contribution in [1.29, 1.82) is 0 Å². The molecule has 1 heterocycles. The first-order chi connectivity index (χ1) is 9.69. The van der Waals surface area contributed by atoms with Crippen LogP contribution in [0.4, 0.5) is 0 Å².